The first kappa shape index (κ1) is 36.7. The fraction of sp³-hybridized carbons (Fsp3) is 0.475. The summed E-state index contributed by atoms with van der Waals surface area (Å²) in [6.07, 6.45) is 6.39. The van der Waals surface area contributed by atoms with E-state index in [4.69, 9.17) is 37.5 Å². The molecule has 1 aliphatic carbocycles. The van der Waals surface area contributed by atoms with Crippen molar-refractivity contribution in [2.45, 2.75) is 86.7 Å². The monoisotopic (exact) mass is 749 g/mol. The summed E-state index contributed by atoms with van der Waals surface area (Å²) in [5.74, 6) is 0.836. The Hall–Kier alpha value is -3.67. The van der Waals surface area contributed by atoms with Gasteiger partial charge in [-0.25, -0.2) is 0 Å². The molecule has 12 heteroatoms. The summed E-state index contributed by atoms with van der Waals surface area (Å²) in [7, 11) is 1.60. The molecule has 1 saturated carbocycles. The van der Waals surface area contributed by atoms with Crippen molar-refractivity contribution < 1.29 is 34.1 Å². The minimum absolute atomic E-state index is 0.0420. The minimum atomic E-state index is -1.67. The number of nitrogens with zero attached hydrogens (tertiary/aromatic N) is 3. The van der Waals surface area contributed by atoms with Crippen LogP contribution in [0.5, 0.6) is 11.5 Å². The number of hydrogen-bond donors (Lipinski definition) is 2. The van der Waals surface area contributed by atoms with Crippen LogP contribution in [-0.4, -0.2) is 89.0 Å². The number of ether oxygens (including phenoxy) is 2. The van der Waals surface area contributed by atoms with Gasteiger partial charge in [0.2, 0.25) is 5.60 Å². The Bertz CT molecular complexity index is 1780. The number of methoxy groups -OCH3 is 1. The lowest BCUT2D eigenvalue weighted by molar-refractivity contribution is -0.172. The van der Waals surface area contributed by atoms with E-state index in [9.17, 15) is 19.8 Å². The molecule has 3 aliphatic heterocycles. The van der Waals surface area contributed by atoms with Crippen LogP contribution in [0.3, 0.4) is 0 Å². The first-order valence-corrected chi connectivity index (χ1v) is 18.9. The largest absolute Gasteiger partial charge is 0.493 e. The predicted octanol–water partition coefficient (Wildman–Crippen LogP) is 6.25. The highest BCUT2D eigenvalue weighted by Crippen LogP contribution is 2.42. The number of aldehydes is 1. The van der Waals surface area contributed by atoms with E-state index in [1.807, 2.05) is 47.4 Å². The van der Waals surface area contributed by atoms with Crippen molar-refractivity contribution in [1.29, 1.82) is 0 Å². The number of amides is 1. The van der Waals surface area contributed by atoms with E-state index in [0.717, 1.165) is 43.1 Å². The number of oxime groups is 1. The molecule has 7 rings (SSSR count). The van der Waals surface area contributed by atoms with Crippen LogP contribution in [0.15, 0.2) is 71.9 Å². The zero-order valence-electron chi connectivity index (χ0n) is 29.3. The van der Waals surface area contributed by atoms with Gasteiger partial charge in [0.25, 0.3) is 5.91 Å². The molecule has 2 saturated heterocycles. The quantitative estimate of drug-likeness (QED) is 0.234. The van der Waals surface area contributed by atoms with E-state index in [2.05, 4.69) is 5.16 Å². The Morgan fingerprint density at radius 2 is 1.42 bits per heavy atom. The van der Waals surface area contributed by atoms with Crippen LogP contribution in [0.4, 0.5) is 0 Å². The predicted molar refractivity (Wildman–Crippen MR) is 198 cm³/mol. The maximum atomic E-state index is 14.8. The number of aliphatic hydroxyl groups is 2. The van der Waals surface area contributed by atoms with Gasteiger partial charge >= 0.3 is 0 Å². The summed E-state index contributed by atoms with van der Waals surface area (Å²) in [4.78, 5) is 37.9. The highest BCUT2D eigenvalue weighted by molar-refractivity contribution is 6.30. The van der Waals surface area contributed by atoms with E-state index in [1.165, 1.54) is 0 Å². The number of carbonyl (C=O) groups excluding carboxylic acids is 2. The van der Waals surface area contributed by atoms with Crippen LogP contribution < -0.4 is 9.47 Å². The molecule has 10 nitrogen and oxygen atoms in total. The number of carbonyl (C=O) groups is 2. The molecule has 3 aromatic rings. The van der Waals surface area contributed by atoms with E-state index >= 15 is 0 Å². The fourth-order valence-corrected chi connectivity index (χ4v) is 8.50. The number of hydrogen-bond acceptors (Lipinski definition) is 9. The smallest absolute Gasteiger partial charge is 0.272 e. The summed E-state index contributed by atoms with van der Waals surface area (Å²) in [5, 5.41) is 28.9. The highest BCUT2D eigenvalue weighted by Gasteiger charge is 2.58. The van der Waals surface area contributed by atoms with Gasteiger partial charge in [0, 0.05) is 48.2 Å². The Morgan fingerprint density at radius 3 is 1.96 bits per heavy atom. The van der Waals surface area contributed by atoms with Crippen LogP contribution in [0.2, 0.25) is 10.0 Å². The van der Waals surface area contributed by atoms with Gasteiger partial charge in [0.1, 0.15) is 12.3 Å². The minimum Gasteiger partial charge on any atom is -0.493 e. The van der Waals surface area contributed by atoms with Gasteiger partial charge in [0.15, 0.2) is 11.5 Å². The third kappa shape index (κ3) is 7.16. The zero-order valence-corrected chi connectivity index (χ0v) is 30.8. The second-order valence-corrected chi connectivity index (χ2v) is 15.4. The number of halogens is 2. The third-order valence-corrected chi connectivity index (χ3v) is 12.0. The maximum absolute atomic E-state index is 14.8. The van der Waals surface area contributed by atoms with Gasteiger partial charge in [-0.05, 0) is 105 Å². The summed E-state index contributed by atoms with van der Waals surface area (Å²) in [6.45, 7) is 1.19. The van der Waals surface area contributed by atoms with E-state index in [0.29, 0.717) is 71.6 Å². The zero-order chi connectivity index (χ0) is 36.5. The van der Waals surface area contributed by atoms with Crippen molar-refractivity contribution in [2.24, 2.45) is 5.16 Å². The molecule has 1 amide bonds. The molecular weight excluding hydrogens is 705 g/mol. The van der Waals surface area contributed by atoms with Crippen LogP contribution in [0.25, 0.3) is 0 Å². The van der Waals surface area contributed by atoms with Gasteiger partial charge in [-0.3, -0.25) is 9.69 Å². The van der Waals surface area contributed by atoms with Crippen LogP contribution in [0, 0.1) is 0 Å². The molecule has 2 unspecified atom stereocenters. The normalized spacial score (nSPS) is 23.8. The van der Waals surface area contributed by atoms with Crippen molar-refractivity contribution in [3.8, 4) is 11.5 Å². The Morgan fingerprint density at radius 1 is 0.865 bits per heavy atom. The Balaban J connectivity index is 1.15. The summed E-state index contributed by atoms with van der Waals surface area (Å²) >= 11 is 12.2. The second-order valence-electron chi connectivity index (χ2n) is 14.6. The van der Waals surface area contributed by atoms with Crippen molar-refractivity contribution in [3.63, 3.8) is 0 Å². The molecule has 0 radical (unpaired) electrons. The lowest BCUT2D eigenvalue weighted by Gasteiger charge is -2.46. The van der Waals surface area contributed by atoms with Crippen LogP contribution >= 0.6 is 23.2 Å². The molecule has 2 atom stereocenters. The van der Waals surface area contributed by atoms with Gasteiger partial charge in [-0.2, -0.15) is 0 Å². The van der Waals surface area contributed by atoms with Gasteiger partial charge < -0.3 is 34.2 Å². The van der Waals surface area contributed by atoms with E-state index in [-0.39, 0.29) is 31.5 Å². The Labute approximate surface area is 314 Å². The second kappa shape index (κ2) is 15.0. The molecule has 52 heavy (non-hydrogen) atoms. The molecule has 3 aromatic carbocycles. The number of rotatable bonds is 10. The third-order valence-electron chi connectivity index (χ3n) is 11.5. The van der Waals surface area contributed by atoms with Crippen molar-refractivity contribution in [2.75, 3.05) is 33.3 Å². The first-order chi connectivity index (χ1) is 25.1. The van der Waals surface area contributed by atoms with Gasteiger partial charge in [-0.1, -0.05) is 52.6 Å². The van der Waals surface area contributed by atoms with E-state index < -0.39 is 22.8 Å². The average Bonchev–Trinajstić information content (AvgIpc) is 3.85. The lowest BCUT2D eigenvalue weighted by atomic mass is 9.80. The fourth-order valence-electron chi connectivity index (χ4n) is 8.25. The van der Waals surface area contributed by atoms with Crippen molar-refractivity contribution in [1.82, 2.24) is 9.80 Å². The highest BCUT2D eigenvalue weighted by atomic mass is 35.5. The van der Waals surface area contributed by atoms with Crippen molar-refractivity contribution in [3.05, 3.63) is 93.5 Å². The molecule has 4 aliphatic rings. The SMILES string of the molecule is COc1ccc(C2=NOC(C(=O)N3CCC(O)(c4ccc(Cl)cc4)CC3)(C(C=O)N3CCC(O)(c4ccc(Cl)cc4)CC3)C2)cc1OC1CCCC1. The maximum Gasteiger partial charge on any atom is 0.272 e. The van der Waals surface area contributed by atoms with Gasteiger partial charge in [-0.15, -0.1) is 0 Å². The Kier molecular flexibility index (Phi) is 10.6. The van der Waals surface area contributed by atoms with Crippen molar-refractivity contribution >= 4 is 41.1 Å². The molecule has 0 spiro atoms. The van der Waals surface area contributed by atoms with Crippen LogP contribution in [-0.2, 0) is 25.6 Å². The summed E-state index contributed by atoms with van der Waals surface area (Å²) in [6, 6.07) is 18.8. The molecule has 276 valence electrons. The first-order valence-electron chi connectivity index (χ1n) is 18.1. The standard InChI is InChI=1S/C40H45Cl2N3O7/c1-50-34-15-6-27(24-35(34)51-32-4-2-3-5-32)33-25-40(52-43-33,37(47)45-22-18-39(49,19-23-45)29-9-13-31(42)14-10-29)36(26-46)44-20-16-38(48,17-21-44)28-7-11-30(41)12-8-28/h6-15,24,26,32,36,48-49H,2-5,16-23,25H2,1H3. The summed E-state index contributed by atoms with van der Waals surface area (Å²) in [5.41, 5.74) is -1.19. The van der Waals surface area contributed by atoms with Gasteiger partial charge in [0.05, 0.1) is 30.1 Å². The van der Waals surface area contributed by atoms with Crippen LogP contribution in [0.1, 0.15) is 74.5 Å². The summed E-state index contributed by atoms with van der Waals surface area (Å²) < 4.78 is 12.0. The number of piperidine rings is 2. The number of likely N-dealkylation sites (tertiary alicyclic amines) is 2. The molecular formula is C40H45Cl2N3O7. The van der Waals surface area contributed by atoms with E-state index in [1.54, 1.807) is 36.3 Å². The average molecular weight is 751 g/mol. The molecule has 0 bridgehead atoms. The number of benzene rings is 3. The lowest BCUT2D eigenvalue weighted by Crippen LogP contribution is -2.65. The topological polar surface area (TPSA) is 121 Å². The molecule has 3 heterocycles. The molecule has 3 fully saturated rings. The molecule has 2 N–H and O–H groups in total. The molecule has 0 aromatic heterocycles.